The number of hydrogen-bond donors (Lipinski definition) is 1. The molecule has 2 amide bonds. The first kappa shape index (κ1) is 22.5. The molecule has 1 saturated heterocycles. The molecular weight excluding hydrogens is 419 g/mol. The average Bonchev–Trinajstić information content (AvgIpc) is 2.88. The van der Waals surface area contributed by atoms with Crippen LogP contribution in [0.15, 0.2) is 72.8 Å². The van der Waals surface area contributed by atoms with E-state index in [-0.39, 0.29) is 23.5 Å². The number of benzene rings is 3. The van der Waals surface area contributed by atoms with Crippen molar-refractivity contribution in [3.05, 3.63) is 89.7 Å². The molecule has 1 heterocycles. The Bertz CT molecular complexity index is 1100. The van der Waals surface area contributed by atoms with Crippen LogP contribution in [0.5, 0.6) is 5.75 Å². The van der Waals surface area contributed by atoms with Gasteiger partial charge in [0.2, 0.25) is 5.91 Å². The molecule has 4 rings (SSSR count). The summed E-state index contributed by atoms with van der Waals surface area (Å²) in [6.07, 6.45) is 1.25. The van der Waals surface area contributed by atoms with Gasteiger partial charge in [0.15, 0.2) is 0 Å². The second-order valence-electron chi connectivity index (χ2n) is 8.19. The van der Waals surface area contributed by atoms with E-state index >= 15 is 0 Å². The smallest absolute Gasteiger partial charge is 0.253 e. The summed E-state index contributed by atoms with van der Waals surface area (Å²) >= 11 is 0. The van der Waals surface area contributed by atoms with E-state index in [0.717, 1.165) is 22.4 Å². The van der Waals surface area contributed by atoms with Gasteiger partial charge in [0.05, 0.1) is 7.11 Å². The number of methoxy groups -OCH3 is 1. The van der Waals surface area contributed by atoms with Gasteiger partial charge < -0.3 is 15.0 Å². The van der Waals surface area contributed by atoms with Crippen molar-refractivity contribution in [1.82, 2.24) is 10.2 Å². The molecule has 5 nitrogen and oxygen atoms in total. The molecular formula is C27H27FN2O3. The van der Waals surface area contributed by atoms with Crippen LogP contribution in [0.3, 0.4) is 0 Å². The second kappa shape index (κ2) is 10.3. The lowest BCUT2D eigenvalue weighted by atomic mass is 9.95. The molecule has 0 bridgehead atoms. The summed E-state index contributed by atoms with van der Waals surface area (Å²) in [5.41, 5.74) is 3.45. The second-order valence-corrected chi connectivity index (χ2v) is 8.19. The topological polar surface area (TPSA) is 58.6 Å². The Hall–Kier alpha value is -3.67. The molecule has 0 aliphatic carbocycles. The molecule has 0 atom stereocenters. The van der Waals surface area contributed by atoms with Crippen molar-refractivity contribution in [2.75, 3.05) is 20.2 Å². The van der Waals surface area contributed by atoms with Crippen molar-refractivity contribution >= 4 is 11.8 Å². The summed E-state index contributed by atoms with van der Waals surface area (Å²) in [7, 11) is 1.64. The fourth-order valence-corrected chi connectivity index (χ4v) is 4.14. The van der Waals surface area contributed by atoms with Gasteiger partial charge in [-0.1, -0.05) is 42.5 Å². The number of ether oxygens (including phenoxy) is 1. The van der Waals surface area contributed by atoms with Crippen LogP contribution in [0.4, 0.5) is 4.39 Å². The highest BCUT2D eigenvalue weighted by Crippen LogP contribution is 2.30. The van der Waals surface area contributed by atoms with Gasteiger partial charge in [-0.2, -0.15) is 0 Å². The number of hydrogen-bond acceptors (Lipinski definition) is 3. The summed E-state index contributed by atoms with van der Waals surface area (Å²) < 4.78 is 18.4. The highest BCUT2D eigenvalue weighted by atomic mass is 19.1. The maximum absolute atomic E-state index is 13.0. The predicted molar refractivity (Wildman–Crippen MR) is 125 cm³/mol. The van der Waals surface area contributed by atoms with E-state index in [9.17, 15) is 14.0 Å². The molecule has 33 heavy (non-hydrogen) atoms. The SMILES string of the molecule is COc1ccccc1-c1ccc(C(=O)N2CCC(C(=O)NCc3ccc(F)cc3)CC2)cc1. The van der Waals surface area contributed by atoms with Gasteiger partial charge in [-0.05, 0) is 54.3 Å². The number of carbonyl (C=O) groups is 2. The maximum Gasteiger partial charge on any atom is 0.253 e. The highest BCUT2D eigenvalue weighted by molar-refractivity contribution is 5.95. The zero-order chi connectivity index (χ0) is 23.2. The molecule has 3 aromatic carbocycles. The van der Waals surface area contributed by atoms with Crippen LogP contribution in [0.2, 0.25) is 0 Å². The number of halogens is 1. The molecule has 0 radical (unpaired) electrons. The summed E-state index contributed by atoms with van der Waals surface area (Å²) in [6.45, 7) is 1.46. The molecule has 1 aliphatic heterocycles. The van der Waals surface area contributed by atoms with Crippen LogP contribution in [0, 0.1) is 11.7 Å². The minimum atomic E-state index is -0.295. The third-order valence-corrected chi connectivity index (χ3v) is 6.08. The minimum absolute atomic E-state index is 0.0208. The number of nitrogens with zero attached hydrogens (tertiary/aromatic N) is 1. The fraction of sp³-hybridized carbons (Fsp3) is 0.259. The number of para-hydroxylation sites is 1. The van der Waals surface area contributed by atoms with Crippen molar-refractivity contribution < 1.29 is 18.7 Å². The Kier molecular flexibility index (Phi) is 7.03. The molecule has 1 N–H and O–H groups in total. The number of carbonyl (C=O) groups excluding carboxylic acids is 2. The molecule has 0 spiro atoms. The monoisotopic (exact) mass is 446 g/mol. The average molecular weight is 447 g/mol. The number of nitrogens with one attached hydrogen (secondary N) is 1. The standard InChI is InChI=1S/C27H27FN2O3/c1-33-25-5-3-2-4-24(25)20-8-10-22(11-9-20)27(32)30-16-14-21(15-17-30)26(31)29-18-19-6-12-23(28)13-7-19/h2-13,21H,14-18H2,1H3,(H,29,31). The minimum Gasteiger partial charge on any atom is -0.496 e. The van der Waals surface area contributed by atoms with Gasteiger partial charge in [-0.25, -0.2) is 4.39 Å². The van der Waals surface area contributed by atoms with Crippen LogP contribution in [-0.2, 0) is 11.3 Å². The van der Waals surface area contributed by atoms with Crippen molar-refractivity contribution in [3.8, 4) is 16.9 Å². The summed E-state index contributed by atoms with van der Waals surface area (Å²) in [6, 6.07) is 21.4. The summed E-state index contributed by atoms with van der Waals surface area (Å²) in [4.78, 5) is 27.3. The Labute approximate surface area is 193 Å². The number of rotatable bonds is 6. The molecule has 6 heteroatoms. The Morgan fingerprint density at radius 2 is 1.64 bits per heavy atom. The van der Waals surface area contributed by atoms with E-state index in [2.05, 4.69) is 5.32 Å². The van der Waals surface area contributed by atoms with Crippen LogP contribution >= 0.6 is 0 Å². The normalized spacial score (nSPS) is 14.1. The Morgan fingerprint density at radius 3 is 2.30 bits per heavy atom. The van der Waals surface area contributed by atoms with Crippen LogP contribution in [0.1, 0.15) is 28.8 Å². The van der Waals surface area contributed by atoms with Gasteiger partial charge in [0, 0.05) is 36.7 Å². The lowest BCUT2D eigenvalue weighted by Crippen LogP contribution is -2.42. The first-order valence-corrected chi connectivity index (χ1v) is 11.1. The van der Waals surface area contributed by atoms with E-state index in [1.807, 2.05) is 53.4 Å². The van der Waals surface area contributed by atoms with E-state index in [0.29, 0.717) is 38.0 Å². The summed E-state index contributed by atoms with van der Waals surface area (Å²) in [5, 5.41) is 2.92. The van der Waals surface area contributed by atoms with Crippen LogP contribution in [0.25, 0.3) is 11.1 Å². The lowest BCUT2D eigenvalue weighted by Gasteiger charge is -2.31. The molecule has 3 aromatic rings. The lowest BCUT2D eigenvalue weighted by molar-refractivity contribution is -0.126. The van der Waals surface area contributed by atoms with Crippen molar-refractivity contribution in [1.29, 1.82) is 0 Å². The van der Waals surface area contributed by atoms with Crippen LogP contribution in [-0.4, -0.2) is 36.9 Å². The molecule has 0 aromatic heterocycles. The first-order valence-electron chi connectivity index (χ1n) is 11.1. The number of likely N-dealkylation sites (tertiary alicyclic amines) is 1. The van der Waals surface area contributed by atoms with Gasteiger partial charge in [-0.15, -0.1) is 0 Å². The van der Waals surface area contributed by atoms with Crippen LogP contribution < -0.4 is 10.1 Å². The maximum atomic E-state index is 13.0. The molecule has 0 unspecified atom stereocenters. The van der Waals surface area contributed by atoms with E-state index in [1.54, 1.807) is 19.2 Å². The number of amides is 2. The summed E-state index contributed by atoms with van der Waals surface area (Å²) in [5.74, 6) is 0.328. The van der Waals surface area contributed by atoms with Crippen molar-refractivity contribution in [2.24, 2.45) is 5.92 Å². The van der Waals surface area contributed by atoms with Gasteiger partial charge >= 0.3 is 0 Å². The van der Waals surface area contributed by atoms with E-state index < -0.39 is 0 Å². The van der Waals surface area contributed by atoms with E-state index in [1.165, 1.54) is 12.1 Å². The molecule has 1 fully saturated rings. The van der Waals surface area contributed by atoms with Crippen molar-refractivity contribution in [3.63, 3.8) is 0 Å². The van der Waals surface area contributed by atoms with Gasteiger partial charge in [0.1, 0.15) is 11.6 Å². The third-order valence-electron chi connectivity index (χ3n) is 6.08. The Balaban J connectivity index is 1.30. The quantitative estimate of drug-likeness (QED) is 0.599. The third kappa shape index (κ3) is 5.40. The number of piperidine rings is 1. The largest absolute Gasteiger partial charge is 0.496 e. The molecule has 170 valence electrons. The fourth-order valence-electron chi connectivity index (χ4n) is 4.14. The van der Waals surface area contributed by atoms with E-state index in [4.69, 9.17) is 4.74 Å². The molecule has 1 aliphatic rings. The van der Waals surface area contributed by atoms with Gasteiger partial charge in [0.25, 0.3) is 5.91 Å². The predicted octanol–water partition coefficient (Wildman–Crippen LogP) is 4.67. The Morgan fingerprint density at radius 1 is 0.970 bits per heavy atom. The highest BCUT2D eigenvalue weighted by Gasteiger charge is 2.27. The molecule has 0 saturated carbocycles. The first-order chi connectivity index (χ1) is 16.0. The zero-order valence-corrected chi connectivity index (χ0v) is 18.6. The van der Waals surface area contributed by atoms with Crippen molar-refractivity contribution in [2.45, 2.75) is 19.4 Å². The zero-order valence-electron chi connectivity index (χ0n) is 18.6. The van der Waals surface area contributed by atoms with Gasteiger partial charge in [-0.3, -0.25) is 9.59 Å².